The fraction of sp³-hybridized carbons (Fsp3) is 0.800. The van der Waals surface area contributed by atoms with Crippen LogP contribution >= 0.6 is 0 Å². The molecule has 12 heavy (non-hydrogen) atoms. The Bertz CT molecular complexity index is 186. The summed E-state index contributed by atoms with van der Waals surface area (Å²) in [5, 5.41) is 19.0. The molecule has 0 aromatic heterocycles. The zero-order chi connectivity index (χ0) is 9.83. The van der Waals surface area contributed by atoms with Crippen LogP contribution in [0.3, 0.4) is 0 Å². The summed E-state index contributed by atoms with van der Waals surface area (Å²) in [6, 6.07) is 0. The Balaban J connectivity index is 4.46. The fourth-order valence-electron chi connectivity index (χ4n) is 0.696. The van der Waals surface area contributed by atoms with E-state index in [-0.39, 0.29) is 0 Å². The van der Waals surface area contributed by atoms with Crippen LogP contribution in [0.25, 0.3) is 0 Å². The average molecular weight is 170 g/mol. The molecule has 0 bridgehead atoms. The minimum absolute atomic E-state index is 0.590. The van der Waals surface area contributed by atoms with E-state index >= 15 is 0 Å². The Labute approximate surface area is 74.6 Å². The van der Waals surface area contributed by atoms with Gasteiger partial charge in [0.05, 0.1) is 0 Å². The van der Waals surface area contributed by atoms with Crippen LogP contribution in [0.15, 0.2) is 0 Å². The third-order valence-electron chi connectivity index (χ3n) is 1.77. The third kappa shape index (κ3) is 4.38. The standard InChI is InChI=1S/C10H18O2/c1-5-10(12,6-2)8-7-9(3,4)11/h11-12H,5-6H2,1-4H3. The normalized spacial score (nSPS) is 12.2. The van der Waals surface area contributed by atoms with Gasteiger partial charge in [-0.15, -0.1) is 0 Å². The van der Waals surface area contributed by atoms with E-state index in [0.29, 0.717) is 12.8 Å². The van der Waals surface area contributed by atoms with Gasteiger partial charge in [-0.05, 0) is 26.7 Å². The molecule has 0 aliphatic carbocycles. The molecular weight excluding hydrogens is 152 g/mol. The lowest BCUT2D eigenvalue weighted by atomic mass is 9.97. The van der Waals surface area contributed by atoms with Crippen LogP contribution < -0.4 is 0 Å². The summed E-state index contributed by atoms with van der Waals surface area (Å²) in [6.07, 6.45) is 1.18. The highest BCUT2D eigenvalue weighted by molar-refractivity contribution is 5.18. The van der Waals surface area contributed by atoms with Gasteiger partial charge < -0.3 is 10.2 Å². The van der Waals surface area contributed by atoms with Gasteiger partial charge in [0, 0.05) is 0 Å². The predicted octanol–water partition coefficient (Wildman–Crippen LogP) is 1.31. The SMILES string of the molecule is CCC(O)(C#CC(C)(C)O)CC. The molecule has 0 saturated heterocycles. The van der Waals surface area contributed by atoms with Gasteiger partial charge in [-0.2, -0.15) is 0 Å². The summed E-state index contributed by atoms with van der Waals surface area (Å²) in [4.78, 5) is 0. The van der Waals surface area contributed by atoms with Crippen LogP contribution in [0.2, 0.25) is 0 Å². The smallest absolute Gasteiger partial charge is 0.125 e. The number of aliphatic hydroxyl groups is 2. The topological polar surface area (TPSA) is 40.5 Å². The first-order valence-corrected chi connectivity index (χ1v) is 4.32. The van der Waals surface area contributed by atoms with Crippen molar-refractivity contribution in [2.45, 2.75) is 51.7 Å². The minimum Gasteiger partial charge on any atom is -0.378 e. The Hall–Kier alpha value is -0.520. The molecule has 0 rings (SSSR count). The molecule has 0 aromatic rings. The molecule has 0 heterocycles. The highest BCUT2D eigenvalue weighted by Crippen LogP contribution is 2.13. The second kappa shape index (κ2) is 3.93. The molecule has 0 amide bonds. The summed E-state index contributed by atoms with van der Waals surface area (Å²) >= 11 is 0. The monoisotopic (exact) mass is 170 g/mol. The molecule has 2 nitrogen and oxygen atoms in total. The summed E-state index contributed by atoms with van der Waals surface area (Å²) in [7, 11) is 0. The molecule has 0 aromatic carbocycles. The van der Waals surface area contributed by atoms with Gasteiger partial charge in [-0.3, -0.25) is 0 Å². The molecule has 2 N–H and O–H groups in total. The maximum absolute atomic E-state index is 9.71. The Morgan fingerprint density at radius 3 is 1.67 bits per heavy atom. The van der Waals surface area contributed by atoms with Crippen molar-refractivity contribution >= 4 is 0 Å². The van der Waals surface area contributed by atoms with Gasteiger partial charge in [-0.1, -0.05) is 25.7 Å². The molecule has 0 aliphatic heterocycles. The lowest BCUT2D eigenvalue weighted by Gasteiger charge is -2.18. The van der Waals surface area contributed by atoms with Crippen LogP contribution in [0.1, 0.15) is 40.5 Å². The second-order valence-electron chi connectivity index (χ2n) is 3.55. The summed E-state index contributed by atoms with van der Waals surface area (Å²) in [6.45, 7) is 6.96. The summed E-state index contributed by atoms with van der Waals surface area (Å²) in [5.74, 6) is 5.31. The maximum Gasteiger partial charge on any atom is 0.125 e. The van der Waals surface area contributed by atoms with Crippen LogP contribution in [0.5, 0.6) is 0 Å². The quantitative estimate of drug-likeness (QED) is 0.613. The van der Waals surface area contributed by atoms with Crippen molar-refractivity contribution < 1.29 is 10.2 Å². The van der Waals surface area contributed by atoms with Crippen molar-refractivity contribution in [1.82, 2.24) is 0 Å². The first-order valence-electron chi connectivity index (χ1n) is 4.32. The van der Waals surface area contributed by atoms with Crippen molar-refractivity contribution in [2.75, 3.05) is 0 Å². The molecule has 0 spiro atoms. The number of rotatable bonds is 2. The first kappa shape index (κ1) is 11.5. The third-order valence-corrected chi connectivity index (χ3v) is 1.77. The molecule has 70 valence electrons. The van der Waals surface area contributed by atoms with E-state index in [1.807, 2.05) is 13.8 Å². The van der Waals surface area contributed by atoms with Gasteiger partial charge in [-0.25, -0.2) is 0 Å². The van der Waals surface area contributed by atoms with Crippen molar-refractivity contribution in [3.63, 3.8) is 0 Å². The Kier molecular flexibility index (Phi) is 3.76. The predicted molar refractivity (Wildman–Crippen MR) is 49.6 cm³/mol. The lowest BCUT2D eigenvalue weighted by molar-refractivity contribution is 0.0905. The van der Waals surface area contributed by atoms with E-state index in [1.165, 1.54) is 0 Å². The van der Waals surface area contributed by atoms with Gasteiger partial charge in [0.1, 0.15) is 11.2 Å². The molecule has 0 saturated carbocycles. The van der Waals surface area contributed by atoms with E-state index in [2.05, 4.69) is 11.8 Å². The van der Waals surface area contributed by atoms with E-state index in [9.17, 15) is 10.2 Å². The second-order valence-corrected chi connectivity index (χ2v) is 3.55. The molecule has 0 atom stereocenters. The largest absolute Gasteiger partial charge is 0.378 e. The van der Waals surface area contributed by atoms with E-state index in [1.54, 1.807) is 13.8 Å². The van der Waals surface area contributed by atoms with Gasteiger partial charge in [0.2, 0.25) is 0 Å². The zero-order valence-corrected chi connectivity index (χ0v) is 8.31. The van der Waals surface area contributed by atoms with Crippen LogP contribution in [-0.2, 0) is 0 Å². The summed E-state index contributed by atoms with van der Waals surface area (Å²) < 4.78 is 0. The highest BCUT2D eigenvalue weighted by Gasteiger charge is 2.19. The molecule has 2 heteroatoms. The van der Waals surface area contributed by atoms with Crippen molar-refractivity contribution in [2.24, 2.45) is 0 Å². The molecule has 0 fully saturated rings. The van der Waals surface area contributed by atoms with Gasteiger partial charge in [0.15, 0.2) is 0 Å². The molecule has 0 aliphatic rings. The molecule has 0 unspecified atom stereocenters. The maximum atomic E-state index is 9.71. The fourth-order valence-corrected chi connectivity index (χ4v) is 0.696. The van der Waals surface area contributed by atoms with Crippen molar-refractivity contribution in [3.8, 4) is 11.8 Å². The molecular formula is C10H18O2. The zero-order valence-electron chi connectivity index (χ0n) is 8.31. The van der Waals surface area contributed by atoms with Gasteiger partial charge in [0.25, 0.3) is 0 Å². The van der Waals surface area contributed by atoms with Crippen LogP contribution in [0.4, 0.5) is 0 Å². The average Bonchev–Trinajstić information content (AvgIpc) is 1.99. The van der Waals surface area contributed by atoms with Gasteiger partial charge >= 0.3 is 0 Å². The summed E-state index contributed by atoms with van der Waals surface area (Å²) in [5.41, 5.74) is -1.95. The van der Waals surface area contributed by atoms with Crippen molar-refractivity contribution in [3.05, 3.63) is 0 Å². The Morgan fingerprint density at radius 1 is 1.00 bits per heavy atom. The minimum atomic E-state index is -1.02. The number of hydrogen-bond acceptors (Lipinski definition) is 2. The first-order chi connectivity index (χ1) is 5.33. The lowest BCUT2D eigenvalue weighted by Crippen LogP contribution is -2.26. The van der Waals surface area contributed by atoms with E-state index < -0.39 is 11.2 Å². The van der Waals surface area contributed by atoms with E-state index in [0.717, 1.165) is 0 Å². The van der Waals surface area contributed by atoms with Crippen LogP contribution in [0, 0.1) is 11.8 Å². The highest BCUT2D eigenvalue weighted by atomic mass is 16.3. The van der Waals surface area contributed by atoms with E-state index in [4.69, 9.17) is 0 Å². The van der Waals surface area contributed by atoms with Crippen LogP contribution in [-0.4, -0.2) is 21.4 Å². The van der Waals surface area contributed by atoms with Crippen molar-refractivity contribution in [1.29, 1.82) is 0 Å². The Morgan fingerprint density at radius 2 is 1.42 bits per heavy atom. The number of hydrogen-bond donors (Lipinski definition) is 2. The molecule has 0 radical (unpaired) electrons.